The highest BCUT2D eigenvalue weighted by molar-refractivity contribution is 7.90. The van der Waals surface area contributed by atoms with Gasteiger partial charge in [-0.05, 0) is 42.7 Å². The number of rotatable bonds is 9. The first kappa shape index (κ1) is 24.7. The third-order valence-electron chi connectivity index (χ3n) is 5.78. The number of carbonyl (C=O) groups excluding carboxylic acids is 1. The molecular formula is C24H31NO7S. The highest BCUT2D eigenvalue weighted by atomic mass is 32.2. The minimum atomic E-state index is -3.39. The SMILES string of the molecule is COc1ccc(C(=O)NC2CCCCC2c2ccc(OC)c(OC)c2)c(OCS(C)(=O)=O)c1. The Balaban J connectivity index is 1.84. The van der Waals surface area contributed by atoms with Crippen LogP contribution in [-0.4, -0.2) is 53.9 Å². The molecule has 0 spiro atoms. The van der Waals surface area contributed by atoms with E-state index in [1.165, 1.54) is 13.2 Å². The zero-order valence-electron chi connectivity index (χ0n) is 19.4. The number of carbonyl (C=O) groups is 1. The number of sulfone groups is 1. The molecule has 0 aromatic heterocycles. The van der Waals surface area contributed by atoms with Crippen molar-refractivity contribution in [2.45, 2.75) is 37.6 Å². The van der Waals surface area contributed by atoms with Crippen molar-refractivity contribution in [1.29, 1.82) is 0 Å². The summed E-state index contributed by atoms with van der Waals surface area (Å²) < 4.78 is 44.6. The van der Waals surface area contributed by atoms with Crippen molar-refractivity contribution in [1.82, 2.24) is 5.32 Å². The van der Waals surface area contributed by atoms with E-state index in [0.717, 1.165) is 37.5 Å². The number of benzene rings is 2. The van der Waals surface area contributed by atoms with Crippen molar-refractivity contribution < 1.29 is 32.2 Å². The molecule has 0 radical (unpaired) electrons. The van der Waals surface area contributed by atoms with Crippen LogP contribution in [-0.2, 0) is 9.84 Å². The monoisotopic (exact) mass is 477 g/mol. The van der Waals surface area contributed by atoms with Gasteiger partial charge in [0.1, 0.15) is 11.5 Å². The van der Waals surface area contributed by atoms with Gasteiger partial charge in [-0.2, -0.15) is 0 Å². The number of ether oxygens (including phenoxy) is 4. The minimum absolute atomic E-state index is 0.0887. The van der Waals surface area contributed by atoms with Crippen LogP contribution in [0.4, 0.5) is 0 Å². The van der Waals surface area contributed by atoms with E-state index >= 15 is 0 Å². The van der Waals surface area contributed by atoms with Crippen LogP contribution in [0.2, 0.25) is 0 Å². The van der Waals surface area contributed by atoms with Crippen molar-refractivity contribution in [2.75, 3.05) is 33.5 Å². The highest BCUT2D eigenvalue weighted by Gasteiger charge is 2.29. The minimum Gasteiger partial charge on any atom is -0.497 e. The van der Waals surface area contributed by atoms with Crippen LogP contribution in [0, 0.1) is 0 Å². The van der Waals surface area contributed by atoms with Gasteiger partial charge in [-0.1, -0.05) is 18.9 Å². The Kier molecular flexibility index (Phi) is 8.07. The summed E-state index contributed by atoms with van der Waals surface area (Å²) in [6.07, 6.45) is 4.91. The van der Waals surface area contributed by atoms with Gasteiger partial charge in [0.05, 0.1) is 26.9 Å². The summed E-state index contributed by atoms with van der Waals surface area (Å²) in [6, 6.07) is 10.5. The van der Waals surface area contributed by atoms with Crippen LogP contribution < -0.4 is 24.3 Å². The Labute approximate surface area is 195 Å². The molecule has 2 aromatic rings. The molecule has 1 saturated carbocycles. The molecule has 1 aliphatic rings. The Morgan fingerprint density at radius 1 is 0.939 bits per heavy atom. The van der Waals surface area contributed by atoms with E-state index in [1.807, 2.05) is 18.2 Å². The van der Waals surface area contributed by atoms with Crippen molar-refractivity contribution in [3.63, 3.8) is 0 Å². The average Bonchev–Trinajstić information content (AvgIpc) is 2.81. The lowest BCUT2D eigenvalue weighted by atomic mass is 9.79. The lowest BCUT2D eigenvalue weighted by Gasteiger charge is -2.33. The molecule has 33 heavy (non-hydrogen) atoms. The maximum atomic E-state index is 13.2. The summed E-state index contributed by atoms with van der Waals surface area (Å²) in [4.78, 5) is 13.2. The molecule has 8 nitrogen and oxygen atoms in total. The Hall–Kier alpha value is -2.94. The molecule has 180 valence electrons. The first-order chi connectivity index (χ1) is 15.8. The van der Waals surface area contributed by atoms with Gasteiger partial charge in [0, 0.05) is 24.3 Å². The molecule has 0 bridgehead atoms. The van der Waals surface area contributed by atoms with E-state index in [9.17, 15) is 13.2 Å². The lowest BCUT2D eigenvalue weighted by Crippen LogP contribution is -2.41. The molecular weight excluding hydrogens is 446 g/mol. The maximum Gasteiger partial charge on any atom is 0.255 e. The van der Waals surface area contributed by atoms with Crippen LogP contribution in [0.5, 0.6) is 23.0 Å². The zero-order valence-corrected chi connectivity index (χ0v) is 20.2. The molecule has 2 atom stereocenters. The van der Waals surface area contributed by atoms with Gasteiger partial charge >= 0.3 is 0 Å². The number of hydrogen-bond acceptors (Lipinski definition) is 7. The number of amides is 1. The van der Waals surface area contributed by atoms with E-state index in [2.05, 4.69) is 5.32 Å². The molecule has 2 aromatic carbocycles. The molecule has 0 heterocycles. The summed E-state index contributed by atoms with van der Waals surface area (Å²) in [5.74, 6) is 1.20. The third-order valence-corrected chi connectivity index (χ3v) is 6.33. The van der Waals surface area contributed by atoms with E-state index in [4.69, 9.17) is 18.9 Å². The molecule has 2 unspecified atom stereocenters. The molecule has 1 aliphatic carbocycles. The predicted octanol–water partition coefficient (Wildman–Crippen LogP) is 3.55. The maximum absolute atomic E-state index is 13.2. The van der Waals surface area contributed by atoms with Crippen LogP contribution >= 0.6 is 0 Å². The standard InChI is InChI=1S/C24H31NO7S/c1-29-17-10-11-19(22(14-17)32-15-33(4,27)28)24(26)25-20-8-6-5-7-18(20)16-9-12-21(30-2)23(13-16)31-3/h9-14,18,20H,5-8,15H2,1-4H3,(H,25,26). The van der Waals surface area contributed by atoms with Crippen LogP contribution in [0.15, 0.2) is 36.4 Å². The van der Waals surface area contributed by atoms with Gasteiger partial charge in [-0.15, -0.1) is 0 Å². The fourth-order valence-corrected chi connectivity index (χ4v) is 4.48. The second-order valence-electron chi connectivity index (χ2n) is 8.14. The first-order valence-electron chi connectivity index (χ1n) is 10.8. The van der Waals surface area contributed by atoms with Gasteiger partial charge in [0.2, 0.25) is 0 Å². The number of methoxy groups -OCH3 is 3. The fraction of sp³-hybridized carbons (Fsp3) is 0.458. The van der Waals surface area contributed by atoms with Gasteiger partial charge < -0.3 is 24.3 Å². The molecule has 1 amide bonds. The van der Waals surface area contributed by atoms with Gasteiger partial charge in [-0.3, -0.25) is 4.79 Å². The van der Waals surface area contributed by atoms with Gasteiger partial charge in [0.25, 0.3) is 5.91 Å². The quantitative estimate of drug-likeness (QED) is 0.589. The summed E-state index contributed by atoms with van der Waals surface area (Å²) in [7, 11) is 1.30. The van der Waals surface area contributed by atoms with Crippen molar-refractivity contribution in [3.8, 4) is 23.0 Å². The second kappa shape index (κ2) is 10.8. The Morgan fingerprint density at radius 2 is 1.67 bits per heavy atom. The third kappa shape index (κ3) is 6.31. The number of hydrogen-bond donors (Lipinski definition) is 1. The smallest absolute Gasteiger partial charge is 0.255 e. The van der Waals surface area contributed by atoms with E-state index in [1.54, 1.807) is 26.4 Å². The fourth-order valence-electron chi connectivity index (χ4n) is 4.14. The average molecular weight is 478 g/mol. The molecule has 1 N–H and O–H groups in total. The Bertz CT molecular complexity index is 1080. The molecule has 1 fully saturated rings. The predicted molar refractivity (Wildman–Crippen MR) is 125 cm³/mol. The Morgan fingerprint density at radius 3 is 2.33 bits per heavy atom. The first-order valence-corrected chi connectivity index (χ1v) is 12.8. The van der Waals surface area contributed by atoms with Crippen molar-refractivity contribution >= 4 is 15.7 Å². The summed E-state index contributed by atoms with van der Waals surface area (Å²) >= 11 is 0. The van der Waals surface area contributed by atoms with Crippen molar-refractivity contribution in [3.05, 3.63) is 47.5 Å². The van der Waals surface area contributed by atoms with Gasteiger partial charge in [0.15, 0.2) is 27.3 Å². The largest absolute Gasteiger partial charge is 0.497 e. The van der Waals surface area contributed by atoms with E-state index in [0.29, 0.717) is 17.2 Å². The van der Waals surface area contributed by atoms with Crippen LogP contribution in [0.1, 0.15) is 47.5 Å². The highest BCUT2D eigenvalue weighted by Crippen LogP contribution is 2.38. The van der Waals surface area contributed by atoms with E-state index in [-0.39, 0.29) is 29.2 Å². The topological polar surface area (TPSA) is 100 Å². The van der Waals surface area contributed by atoms with Gasteiger partial charge in [-0.25, -0.2) is 8.42 Å². The summed E-state index contributed by atoms with van der Waals surface area (Å²) in [5.41, 5.74) is 1.33. The summed E-state index contributed by atoms with van der Waals surface area (Å²) in [5, 5.41) is 3.14. The molecule has 0 aliphatic heterocycles. The van der Waals surface area contributed by atoms with E-state index < -0.39 is 15.8 Å². The number of nitrogens with one attached hydrogen (secondary N) is 1. The molecule has 0 saturated heterocycles. The second-order valence-corrected chi connectivity index (χ2v) is 10.2. The van der Waals surface area contributed by atoms with Crippen molar-refractivity contribution in [2.24, 2.45) is 0 Å². The molecule has 3 rings (SSSR count). The zero-order chi connectivity index (χ0) is 24.0. The molecule has 9 heteroatoms. The lowest BCUT2D eigenvalue weighted by molar-refractivity contribution is 0.0917. The van der Waals surface area contributed by atoms with Crippen LogP contribution in [0.25, 0.3) is 0 Å². The van der Waals surface area contributed by atoms with Crippen LogP contribution in [0.3, 0.4) is 0 Å². The normalized spacial score (nSPS) is 18.3. The summed E-state index contributed by atoms with van der Waals surface area (Å²) in [6.45, 7) is 0.